The maximum Gasteiger partial charge on any atom is 0.0654 e. The first-order valence-electron chi connectivity index (χ1n) is 12.2. The molecule has 0 rings (SSSR count). The topological polar surface area (TPSA) is 9.23 Å². The molecule has 0 atom stereocenters. The van der Waals surface area contributed by atoms with E-state index in [9.17, 15) is 0 Å². The summed E-state index contributed by atoms with van der Waals surface area (Å²) < 4.78 is 5.78. The Balaban J connectivity index is 3.98. The molecule has 0 fully saturated rings. The van der Waals surface area contributed by atoms with E-state index in [2.05, 4.69) is 91.8 Å². The van der Waals surface area contributed by atoms with Crippen molar-refractivity contribution in [2.24, 2.45) is 0 Å². The minimum absolute atomic E-state index is 0.711. The Bertz CT molecular complexity index is 599. The highest BCUT2D eigenvalue weighted by Gasteiger charge is 1.94. The molecule has 1 nitrogen and oxygen atoms in total. The third-order valence-electron chi connectivity index (χ3n) is 5.34. The molecule has 0 spiro atoms. The maximum absolute atomic E-state index is 5.78. The summed E-state index contributed by atoms with van der Waals surface area (Å²) in [5.41, 5.74) is 8.66. The lowest BCUT2D eigenvalue weighted by Crippen LogP contribution is -1.93. The zero-order valence-corrected chi connectivity index (χ0v) is 21.9. The molecule has 0 heterocycles. The van der Waals surface area contributed by atoms with Crippen molar-refractivity contribution < 1.29 is 4.74 Å². The summed E-state index contributed by atoms with van der Waals surface area (Å²) in [6.07, 6.45) is 23.0. The van der Waals surface area contributed by atoms with Crippen LogP contribution >= 0.6 is 0 Å². The van der Waals surface area contributed by atoms with Crippen LogP contribution in [0.15, 0.2) is 69.9 Å². The number of ether oxygens (including phenoxy) is 1. The molecule has 0 amide bonds. The summed E-state index contributed by atoms with van der Waals surface area (Å²) in [4.78, 5) is 0. The Morgan fingerprint density at radius 3 is 1.03 bits per heavy atom. The molecule has 0 aliphatic carbocycles. The van der Waals surface area contributed by atoms with Gasteiger partial charge < -0.3 is 4.74 Å². The number of hydrogen-bond donors (Lipinski definition) is 0. The van der Waals surface area contributed by atoms with Crippen molar-refractivity contribution in [2.45, 2.75) is 107 Å². The first-order valence-corrected chi connectivity index (χ1v) is 12.2. The first-order chi connectivity index (χ1) is 14.7. The van der Waals surface area contributed by atoms with Crippen molar-refractivity contribution in [1.82, 2.24) is 0 Å². The van der Waals surface area contributed by atoms with Gasteiger partial charge in [-0.05, 0) is 107 Å². The molecule has 0 aromatic carbocycles. The van der Waals surface area contributed by atoms with E-state index in [1.165, 1.54) is 46.3 Å². The van der Waals surface area contributed by atoms with Gasteiger partial charge in [0, 0.05) is 0 Å². The van der Waals surface area contributed by atoms with Gasteiger partial charge in [0.05, 0.1) is 13.2 Å². The monoisotopic (exact) mass is 426 g/mol. The lowest BCUT2D eigenvalue weighted by molar-refractivity contribution is 0.192. The number of rotatable bonds is 16. The number of allylic oxidation sites excluding steroid dienone is 10. The standard InChI is InChI=1S/C30H50O/c1-25(2)13-9-15-27(5)17-11-19-29(7)21-23-31-24-22-30(8)20-12-18-28(6)16-10-14-26(3)4/h13-14,17-18,21-22H,9-12,15-16,19-20,23-24H2,1-8H3/b27-17+,28-18+,29-21+,30-22+. The minimum Gasteiger partial charge on any atom is -0.373 e. The molecule has 0 aliphatic rings. The minimum atomic E-state index is 0.711. The largest absolute Gasteiger partial charge is 0.373 e. The molecule has 0 saturated carbocycles. The van der Waals surface area contributed by atoms with Crippen molar-refractivity contribution in [3.05, 3.63) is 69.9 Å². The van der Waals surface area contributed by atoms with Crippen LogP contribution in [0.2, 0.25) is 0 Å². The van der Waals surface area contributed by atoms with Crippen LogP contribution in [-0.4, -0.2) is 13.2 Å². The molecule has 0 aromatic rings. The Morgan fingerprint density at radius 1 is 0.419 bits per heavy atom. The average molecular weight is 427 g/mol. The predicted molar refractivity (Wildman–Crippen MR) is 142 cm³/mol. The summed E-state index contributed by atoms with van der Waals surface area (Å²) >= 11 is 0. The first kappa shape index (κ1) is 29.4. The summed E-state index contributed by atoms with van der Waals surface area (Å²) in [5, 5.41) is 0. The van der Waals surface area contributed by atoms with Gasteiger partial charge in [-0.3, -0.25) is 0 Å². The Morgan fingerprint density at radius 2 is 0.710 bits per heavy atom. The van der Waals surface area contributed by atoms with E-state index in [0.717, 1.165) is 38.5 Å². The molecule has 31 heavy (non-hydrogen) atoms. The van der Waals surface area contributed by atoms with Crippen LogP contribution in [0, 0.1) is 0 Å². The molecule has 0 aromatic heterocycles. The van der Waals surface area contributed by atoms with E-state index in [4.69, 9.17) is 4.74 Å². The highest BCUT2D eigenvalue weighted by molar-refractivity contribution is 5.07. The fourth-order valence-corrected chi connectivity index (χ4v) is 3.15. The average Bonchev–Trinajstić information content (AvgIpc) is 2.67. The van der Waals surface area contributed by atoms with Crippen molar-refractivity contribution in [3.63, 3.8) is 0 Å². The summed E-state index contributed by atoms with van der Waals surface area (Å²) in [6.45, 7) is 19.0. The van der Waals surface area contributed by atoms with Crippen LogP contribution in [0.4, 0.5) is 0 Å². The molecule has 0 radical (unpaired) electrons. The van der Waals surface area contributed by atoms with Crippen molar-refractivity contribution in [2.75, 3.05) is 13.2 Å². The molecule has 176 valence electrons. The summed E-state index contributed by atoms with van der Waals surface area (Å²) in [7, 11) is 0. The van der Waals surface area contributed by atoms with Gasteiger partial charge in [0.1, 0.15) is 0 Å². The van der Waals surface area contributed by atoms with Gasteiger partial charge in [0.2, 0.25) is 0 Å². The number of hydrogen-bond acceptors (Lipinski definition) is 1. The van der Waals surface area contributed by atoms with Crippen LogP contribution in [0.1, 0.15) is 107 Å². The second-order valence-electron chi connectivity index (χ2n) is 9.46. The fourth-order valence-electron chi connectivity index (χ4n) is 3.15. The highest BCUT2D eigenvalue weighted by Crippen LogP contribution is 2.12. The smallest absolute Gasteiger partial charge is 0.0654 e. The van der Waals surface area contributed by atoms with Crippen molar-refractivity contribution >= 4 is 0 Å². The van der Waals surface area contributed by atoms with Crippen LogP contribution in [0.5, 0.6) is 0 Å². The van der Waals surface area contributed by atoms with Crippen LogP contribution in [-0.2, 0) is 4.74 Å². The summed E-state index contributed by atoms with van der Waals surface area (Å²) in [5.74, 6) is 0. The van der Waals surface area contributed by atoms with Gasteiger partial charge in [-0.2, -0.15) is 0 Å². The Labute approximate surface area is 194 Å². The van der Waals surface area contributed by atoms with Gasteiger partial charge >= 0.3 is 0 Å². The van der Waals surface area contributed by atoms with Gasteiger partial charge in [0.15, 0.2) is 0 Å². The second kappa shape index (κ2) is 19.1. The molecule has 0 bridgehead atoms. The van der Waals surface area contributed by atoms with Crippen LogP contribution < -0.4 is 0 Å². The molecular weight excluding hydrogens is 376 g/mol. The van der Waals surface area contributed by atoms with Gasteiger partial charge in [-0.15, -0.1) is 0 Å². The van der Waals surface area contributed by atoms with Gasteiger partial charge in [-0.25, -0.2) is 0 Å². The molecule has 0 N–H and O–H groups in total. The second-order valence-corrected chi connectivity index (χ2v) is 9.46. The van der Waals surface area contributed by atoms with Gasteiger partial charge in [-0.1, -0.05) is 69.9 Å². The zero-order valence-electron chi connectivity index (χ0n) is 21.9. The third-order valence-corrected chi connectivity index (χ3v) is 5.34. The highest BCUT2D eigenvalue weighted by atomic mass is 16.5. The molecule has 0 aliphatic heterocycles. The van der Waals surface area contributed by atoms with Gasteiger partial charge in [0.25, 0.3) is 0 Å². The van der Waals surface area contributed by atoms with E-state index < -0.39 is 0 Å². The van der Waals surface area contributed by atoms with E-state index in [0.29, 0.717) is 13.2 Å². The molecular formula is C30H50O. The van der Waals surface area contributed by atoms with Crippen LogP contribution in [0.25, 0.3) is 0 Å². The lowest BCUT2D eigenvalue weighted by atomic mass is 10.1. The third kappa shape index (κ3) is 21.4. The molecule has 0 saturated heterocycles. The van der Waals surface area contributed by atoms with E-state index in [1.54, 1.807) is 0 Å². The summed E-state index contributed by atoms with van der Waals surface area (Å²) in [6, 6.07) is 0. The van der Waals surface area contributed by atoms with Crippen molar-refractivity contribution in [1.29, 1.82) is 0 Å². The lowest BCUT2D eigenvalue weighted by Gasteiger charge is -2.03. The van der Waals surface area contributed by atoms with Crippen molar-refractivity contribution in [3.8, 4) is 0 Å². The fraction of sp³-hybridized carbons (Fsp3) is 0.600. The molecule has 0 unspecified atom stereocenters. The van der Waals surface area contributed by atoms with E-state index in [-0.39, 0.29) is 0 Å². The maximum atomic E-state index is 5.78. The normalized spacial score (nSPS) is 13.4. The quantitative estimate of drug-likeness (QED) is 0.176. The molecule has 1 heteroatoms. The predicted octanol–water partition coefficient (Wildman–Crippen LogP) is 9.84. The SMILES string of the molecule is CC(C)=CCC/C(C)=C/CC/C(C)=C/COC/C=C(\C)CC/C=C(\C)CCC=C(C)C. The zero-order chi connectivity index (χ0) is 23.5. The Kier molecular flexibility index (Phi) is 18.1. The van der Waals surface area contributed by atoms with E-state index >= 15 is 0 Å². The van der Waals surface area contributed by atoms with E-state index in [1.807, 2.05) is 0 Å². The van der Waals surface area contributed by atoms with Crippen LogP contribution in [0.3, 0.4) is 0 Å². The Hall–Kier alpha value is -1.60.